The Hall–Kier alpha value is -1.69. The maximum absolute atomic E-state index is 10.4. The van der Waals surface area contributed by atoms with Gasteiger partial charge in [-0.1, -0.05) is 0 Å². The van der Waals surface area contributed by atoms with Gasteiger partial charge in [0.25, 0.3) is 0 Å². The second-order valence-electron chi connectivity index (χ2n) is 2.63. The Morgan fingerprint density at radius 2 is 1.79 bits per heavy atom. The highest BCUT2D eigenvalue weighted by molar-refractivity contribution is 7.73. The summed E-state index contributed by atoms with van der Waals surface area (Å²) >= 11 is 0. The summed E-state index contributed by atoms with van der Waals surface area (Å²) in [6.07, 6.45) is 3.15. The molecular weight excluding hydrogens is 202 g/mol. The zero-order valence-electron chi connectivity index (χ0n) is 7.04. The second kappa shape index (κ2) is 3.59. The third kappa shape index (κ3) is 1.80. The van der Waals surface area contributed by atoms with Gasteiger partial charge in [0.15, 0.2) is 0 Å². The molecule has 5 nitrogen and oxygen atoms in total. The van der Waals surface area contributed by atoms with Crippen molar-refractivity contribution in [1.29, 1.82) is 0 Å². The van der Waals surface area contributed by atoms with E-state index in [0.717, 1.165) is 5.52 Å². The van der Waals surface area contributed by atoms with Crippen LogP contribution in [-0.2, 0) is 10.9 Å². The predicted molar refractivity (Wildman–Crippen MR) is 53.5 cm³/mol. The lowest BCUT2D eigenvalue weighted by Crippen LogP contribution is -1.94. The Morgan fingerprint density at radius 3 is 2.50 bits per heavy atom. The highest BCUT2D eigenvalue weighted by atomic mass is 32.2. The van der Waals surface area contributed by atoms with Crippen LogP contribution in [0, 0.1) is 0 Å². The number of rotatable bonds is 2. The molecule has 14 heavy (non-hydrogen) atoms. The van der Waals surface area contributed by atoms with Crippen molar-refractivity contribution in [2.75, 3.05) is 4.72 Å². The fraction of sp³-hybridized carbons (Fsp3) is 0. The van der Waals surface area contributed by atoms with E-state index in [1.165, 1.54) is 0 Å². The first kappa shape index (κ1) is 8.89. The zero-order valence-corrected chi connectivity index (χ0v) is 7.94. The molecule has 0 aliphatic rings. The highest BCUT2D eigenvalue weighted by Gasteiger charge is 1.97. The summed E-state index contributed by atoms with van der Waals surface area (Å²) in [5, 5.41) is 0. The molecule has 1 heterocycles. The SMILES string of the molecule is O=[SH](=O)Nc1ccc2nccnc2c1. The van der Waals surface area contributed by atoms with Crippen LogP contribution in [0.4, 0.5) is 5.69 Å². The van der Waals surface area contributed by atoms with Crippen LogP contribution < -0.4 is 4.72 Å². The lowest BCUT2D eigenvalue weighted by atomic mass is 10.3. The summed E-state index contributed by atoms with van der Waals surface area (Å²) in [5.74, 6) is 0. The van der Waals surface area contributed by atoms with Crippen molar-refractivity contribution in [3.8, 4) is 0 Å². The van der Waals surface area contributed by atoms with E-state index in [1.807, 2.05) is 0 Å². The van der Waals surface area contributed by atoms with Crippen LogP contribution in [0.25, 0.3) is 11.0 Å². The molecule has 2 aromatic rings. The van der Waals surface area contributed by atoms with Crippen LogP contribution >= 0.6 is 0 Å². The van der Waals surface area contributed by atoms with E-state index in [9.17, 15) is 8.42 Å². The average Bonchev–Trinajstić information content (AvgIpc) is 2.17. The summed E-state index contributed by atoms with van der Waals surface area (Å²) in [6.45, 7) is 0. The zero-order chi connectivity index (χ0) is 9.97. The molecule has 1 N–H and O–H groups in total. The van der Waals surface area contributed by atoms with Crippen LogP contribution in [0.3, 0.4) is 0 Å². The van der Waals surface area contributed by atoms with Gasteiger partial charge in [0.05, 0.1) is 16.7 Å². The normalized spacial score (nSPS) is 10.6. The number of benzene rings is 1. The molecule has 0 aliphatic heterocycles. The Balaban J connectivity index is 2.51. The standard InChI is InChI=1S/C8H7N3O2S/c12-14(13)11-6-1-2-7-8(5-6)10-4-3-9-7/h1-5,14H,(H,11,12,13). The lowest BCUT2D eigenvalue weighted by Gasteiger charge is -1.99. The summed E-state index contributed by atoms with van der Waals surface area (Å²) < 4.78 is 23.1. The number of anilines is 1. The first-order valence-corrected chi connectivity index (χ1v) is 5.05. The lowest BCUT2D eigenvalue weighted by molar-refractivity contribution is 0.619. The monoisotopic (exact) mass is 209 g/mol. The quantitative estimate of drug-likeness (QED) is 0.709. The Bertz CT molecular complexity index is 531. The van der Waals surface area contributed by atoms with E-state index >= 15 is 0 Å². The molecule has 0 amide bonds. The Morgan fingerprint density at radius 1 is 1.07 bits per heavy atom. The fourth-order valence-electron chi connectivity index (χ4n) is 1.14. The maximum Gasteiger partial charge on any atom is 0.222 e. The third-order valence-corrected chi connectivity index (χ3v) is 2.13. The Labute approximate surface area is 81.9 Å². The topological polar surface area (TPSA) is 72.0 Å². The van der Waals surface area contributed by atoms with Gasteiger partial charge in [0, 0.05) is 12.4 Å². The van der Waals surface area contributed by atoms with E-state index in [-0.39, 0.29) is 0 Å². The third-order valence-electron chi connectivity index (χ3n) is 1.69. The molecule has 0 aliphatic carbocycles. The van der Waals surface area contributed by atoms with Crippen molar-refractivity contribution in [1.82, 2.24) is 9.97 Å². The molecule has 0 atom stereocenters. The van der Waals surface area contributed by atoms with Gasteiger partial charge in [-0.15, -0.1) is 0 Å². The summed E-state index contributed by atoms with van der Waals surface area (Å²) in [5.41, 5.74) is 1.89. The Kier molecular flexibility index (Phi) is 2.28. The van der Waals surface area contributed by atoms with Gasteiger partial charge in [-0.3, -0.25) is 14.7 Å². The molecule has 0 spiro atoms. The van der Waals surface area contributed by atoms with E-state index in [2.05, 4.69) is 14.7 Å². The van der Waals surface area contributed by atoms with Crippen LogP contribution in [0.1, 0.15) is 0 Å². The molecule has 2 rings (SSSR count). The number of hydrogen-bond acceptors (Lipinski definition) is 4. The number of hydrogen-bond donors (Lipinski definition) is 2. The molecule has 0 saturated carbocycles. The molecule has 6 heteroatoms. The van der Waals surface area contributed by atoms with E-state index in [1.54, 1.807) is 30.6 Å². The number of thiol groups is 1. The van der Waals surface area contributed by atoms with Crippen LogP contribution in [0.2, 0.25) is 0 Å². The molecular formula is C8H7N3O2S. The molecule has 72 valence electrons. The van der Waals surface area contributed by atoms with E-state index in [0.29, 0.717) is 11.2 Å². The summed E-state index contributed by atoms with van der Waals surface area (Å²) in [6, 6.07) is 4.99. The van der Waals surface area contributed by atoms with Gasteiger partial charge in [-0.25, -0.2) is 8.42 Å². The molecule has 0 unspecified atom stereocenters. The summed E-state index contributed by atoms with van der Waals surface area (Å²) in [7, 11) is -2.63. The summed E-state index contributed by atoms with van der Waals surface area (Å²) in [4.78, 5) is 8.11. The van der Waals surface area contributed by atoms with Crippen molar-refractivity contribution in [3.05, 3.63) is 30.6 Å². The van der Waals surface area contributed by atoms with Crippen LogP contribution in [-0.4, -0.2) is 18.4 Å². The second-order valence-corrected chi connectivity index (χ2v) is 3.37. The van der Waals surface area contributed by atoms with Crippen molar-refractivity contribution >= 4 is 27.6 Å². The van der Waals surface area contributed by atoms with Crippen LogP contribution in [0.15, 0.2) is 30.6 Å². The van der Waals surface area contributed by atoms with Gasteiger partial charge in [-0.2, -0.15) is 0 Å². The van der Waals surface area contributed by atoms with Crippen molar-refractivity contribution < 1.29 is 8.42 Å². The first-order chi connectivity index (χ1) is 6.75. The minimum absolute atomic E-state index is 0.495. The molecule has 0 saturated heterocycles. The van der Waals surface area contributed by atoms with Crippen LogP contribution in [0.5, 0.6) is 0 Å². The number of fused-ring (bicyclic) bond motifs is 1. The van der Waals surface area contributed by atoms with Crippen molar-refractivity contribution in [2.45, 2.75) is 0 Å². The minimum Gasteiger partial charge on any atom is -0.286 e. The number of aromatic nitrogens is 2. The first-order valence-electron chi connectivity index (χ1n) is 3.87. The van der Waals surface area contributed by atoms with Crippen molar-refractivity contribution in [3.63, 3.8) is 0 Å². The van der Waals surface area contributed by atoms with Crippen molar-refractivity contribution in [2.24, 2.45) is 0 Å². The van der Waals surface area contributed by atoms with E-state index < -0.39 is 10.9 Å². The van der Waals surface area contributed by atoms with Gasteiger partial charge in [-0.05, 0) is 18.2 Å². The molecule has 1 aromatic heterocycles. The van der Waals surface area contributed by atoms with Gasteiger partial charge in [0.2, 0.25) is 10.9 Å². The highest BCUT2D eigenvalue weighted by Crippen LogP contribution is 2.14. The average molecular weight is 209 g/mol. The van der Waals surface area contributed by atoms with E-state index in [4.69, 9.17) is 0 Å². The van der Waals surface area contributed by atoms with Gasteiger partial charge in [0.1, 0.15) is 0 Å². The molecule has 0 bridgehead atoms. The molecule has 0 radical (unpaired) electrons. The minimum atomic E-state index is -2.63. The predicted octanol–water partition coefficient (Wildman–Crippen LogP) is 0.568. The molecule has 1 aromatic carbocycles. The van der Waals surface area contributed by atoms with Gasteiger partial charge >= 0.3 is 0 Å². The molecule has 0 fully saturated rings. The fourth-order valence-corrected chi connectivity index (χ4v) is 1.49. The number of nitrogens with zero attached hydrogens (tertiary/aromatic N) is 2. The van der Waals surface area contributed by atoms with Gasteiger partial charge < -0.3 is 0 Å². The number of nitrogens with one attached hydrogen (secondary N) is 1. The smallest absolute Gasteiger partial charge is 0.222 e. The largest absolute Gasteiger partial charge is 0.286 e. The maximum atomic E-state index is 10.4.